The van der Waals surface area contributed by atoms with Crippen LogP contribution in [-0.4, -0.2) is 58.9 Å². The average molecular weight is 433 g/mol. The van der Waals surface area contributed by atoms with E-state index in [1.54, 1.807) is 19.9 Å². The molecule has 2 aliphatic rings. The second-order valence-electron chi connectivity index (χ2n) is 7.47. The van der Waals surface area contributed by atoms with Crippen molar-refractivity contribution < 1.29 is 31.5 Å². The van der Waals surface area contributed by atoms with Gasteiger partial charge in [-0.15, -0.1) is 0 Å². The van der Waals surface area contributed by atoms with Gasteiger partial charge < -0.3 is 5.11 Å². The third-order valence-corrected chi connectivity index (χ3v) is 7.10. The third kappa shape index (κ3) is 3.66. The van der Waals surface area contributed by atoms with E-state index >= 15 is 0 Å². The Labute approximate surface area is 166 Å². The summed E-state index contributed by atoms with van der Waals surface area (Å²) in [6.07, 6.45) is -5.66. The molecule has 160 valence electrons. The number of rotatable bonds is 4. The van der Waals surface area contributed by atoms with Crippen LogP contribution in [-0.2, 0) is 14.8 Å². The first-order chi connectivity index (χ1) is 13.4. The molecule has 7 nitrogen and oxygen atoms in total. The van der Waals surface area contributed by atoms with Gasteiger partial charge in [-0.2, -0.15) is 27.6 Å². The van der Waals surface area contributed by atoms with Crippen LogP contribution in [0.4, 0.5) is 13.2 Å². The molecule has 1 amide bonds. The van der Waals surface area contributed by atoms with Gasteiger partial charge in [-0.3, -0.25) is 4.79 Å². The van der Waals surface area contributed by atoms with Gasteiger partial charge in [0.15, 0.2) is 0 Å². The smallest absolute Gasteiger partial charge is 0.362 e. The lowest BCUT2D eigenvalue weighted by Gasteiger charge is -2.35. The molecule has 0 radical (unpaired) electrons. The number of alkyl halides is 3. The molecule has 29 heavy (non-hydrogen) atoms. The molecule has 2 atom stereocenters. The van der Waals surface area contributed by atoms with Crippen molar-refractivity contribution in [2.24, 2.45) is 11.0 Å². The normalized spacial score (nSPS) is 26.2. The zero-order valence-electron chi connectivity index (χ0n) is 15.9. The Balaban J connectivity index is 1.97. The van der Waals surface area contributed by atoms with Gasteiger partial charge in [0.1, 0.15) is 6.04 Å². The number of nitrogens with zero attached hydrogens (tertiary/aromatic N) is 3. The number of sulfonamides is 1. The molecule has 0 aromatic heterocycles. The summed E-state index contributed by atoms with van der Waals surface area (Å²) in [6, 6.07) is 5.99. The van der Waals surface area contributed by atoms with E-state index in [-0.39, 0.29) is 28.6 Å². The average Bonchev–Trinajstić information content (AvgIpc) is 3.27. The highest BCUT2D eigenvalue weighted by Crippen LogP contribution is 2.42. The molecule has 1 N–H and O–H groups in total. The molecule has 2 unspecified atom stereocenters. The van der Waals surface area contributed by atoms with Gasteiger partial charge >= 0.3 is 6.18 Å². The SMILES string of the molecule is CC(C)C1=NN(C(=O)C2CCCN2S(=O)(=O)c2ccccc2)C(O)(C(F)(F)F)C1. The zero-order valence-corrected chi connectivity index (χ0v) is 16.7. The van der Waals surface area contributed by atoms with E-state index in [0.717, 1.165) is 4.31 Å². The summed E-state index contributed by atoms with van der Waals surface area (Å²) in [6.45, 7) is 3.20. The molecule has 0 bridgehead atoms. The molecule has 11 heteroatoms. The maximum Gasteiger partial charge on any atom is 0.438 e. The maximum absolute atomic E-state index is 13.6. The number of carbonyl (C=O) groups excluding carboxylic acids is 1. The van der Waals surface area contributed by atoms with Crippen LogP contribution in [0.5, 0.6) is 0 Å². The van der Waals surface area contributed by atoms with Crippen LogP contribution < -0.4 is 0 Å². The topological polar surface area (TPSA) is 90.3 Å². The molecule has 1 saturated heterocycles. The van der Waals surface area contributed by atoms with Gasteiger partial charge in [-0.1, -0.05) is 32.0 Å². The van der Waals surface area contributed by atoms with E-state index in [9.17, 15) is 31.5 Å². The summed E-state index contributed by atoms with van der Waals surface area (Å²) in [5.41, 5.74) is -3.47. The first-order valence-corrected chi connectivity index (χ1v) is 10.6. The molecule has 1 aromatic rings. The van der Waals surface area contributed by atoms with Gasteiger partial charge in [0, 0.05) is 18.7 Å². The van der Waals surface area contributed by atoms with Crippen molar-refractivity contribution in [3.8, 4) is 0 Å². The van der Waals surface area contributed by atoms with E-state index in [2.05, 4.69) is 5.10 Å². The molecule has 0 aliphatic carbocycles. The van der Waals surface area contributed by atoms with Crippen molar-refractivity contribution in [1.29, 1.82) is 0 Å². The first-order valence-electron chi connectivity index (χ1n) is 9.17. The lowest BCUT2D eigenvalue weighted by Crippen LogP contribution is -2.60. The van der Waals surface area contributed by atoms with Gasteiger partial charge in [-0.25, -0.2) is 8.42 Å². The van der Waals surface area contributed by atoms with E-state index in [4.69, 9.17) is 0 Å². The quantitative estimate of drug-likeness (QED) is 0.789. The molecule has 1 fully saturated rings. The van der Waals surface area contributed by atoms with Crippen LogP contribution >= 0.6 is 0 Å². The minimum Gasteiger partial charge on any atom is -0.362 e. The third-order valence-electron chi connectivity index (χ3n) is 5.17. The van der Waals surface area contributed by atoms with E-state index < -0.39 is 46.2 Å². The van der Waals surface area contributed by atoms with E-state index in [1.165, 1.54) is 24.3 Å². The van der Waals surface area contributed by atoms with Crippen LogP contribution in [0.2, 0.25) is 0 Å². The molecule has 3 rings (SSSR count). The minimum absolute atomic E-state index is 0.00727. The fourth-order valence-corrected chi connectivity index (χ4v) is 5.16. The van der Waals surface area contributed by atoms with E-state index in [1.807, 2.05) is 0 Å². The minimum atomic E-state index is -5.15. The number of benzene rings is 1. The second kappa shape index (κ2) is 7.37. The zero-order chi connectivity index (χ0) is 21.6. The fraction of sp³-hybridized carbons (Fsp3) is 0.556. The number of halogens is 3. The van der Waals surface area contributed by atoms with Crippen LogP contribution in [0.25, 0.3) is 0 Å². The number of hydrazone groups is 1. The van der Waals surface area contributed by atoms with Crippen molar-refractivity contribution in [3.05, 3.63) is 30.3 Å². The monoisotopic (exact) mass is 433 g/mol. The largest absolute Gasteiger partial charge is 0.438 e. The maximum atomic E-state index is 13.6. The van der Waals surface area contributed by atoms with Crippen molar-refractivity contribution >= 4 is 21.6 Å². The Hall–Kier alpha value is -1.98. The molecule has 1 aromatic carbocycles. The predicted octanol–water partition coefficient (Wildman–Crippen LogP) is 2.33. The van der Waals surface area contributed by atoms with Crippen molar-refractivity contribution in [2.75, 3.05) is 6.54 Å². The Morgan fingerprint density at radius 1 is 1.28 bits per heavy atom. The standard InChI is InChI=1S/C18H22F3N3O4S/c1-12(2)14-11-17(26,18(19,20)21)24(22-14)16(25)15-9-6-10-23(15)29(27,28)13-7-4-3-5-8-13/h3-5,7-8,12,15,26H,6,9-11H2,1-2H3. The summed E-state index contributed by atoms with van der Waals surface area (Å²) >= 11 is 0. The highest BCUT2D eigenvalue weighted by atomic mass is 32.2. The van der Waals surface area contributed by atoms with Crippen molar-refractivity contribution in [1.82, 2.24) is 9.31 Å². The Morgan fingerprint density at radius 3 is 2.45 bits per heavy atom. The Bertz CT molecular complexity index is 918. The number of aliphatic hydroxyl groups is 1. The number of hydrogen-bond acceptors (Lipinski definition) is 5. The molecule has 2 aliphatic heterocycles. The first kappa shape index (κ1) is 21.7. The summed E-state index contributed by atoms with van der Waals surface area (Å²) in [7, 11) is -4.09. The summed E-state index contributed by atoms with van der Waals surface area (Å²) in [5, 5.41) is 14.1. The molecular formula is C18H22F3N3O4S. The molecule has 0 spiro atoms. The summed E-state index contributed by atoms with van der Waals surface area (Å²) < 4.78 is 67.6. The van der Waals surface area contributed by atoms with E-state index in [0.29, 0.717) is 6.42 Å². The second-order valence-corrected chi connectivity index (χ2v) is 9.36. The fourth-order valence-electron chi connectivity index (χ4n) is 3.49. The van der Waals surface area contributed by atoms with Gasteiger partial charge in [0.2, 0.25) is 10.0 Å². The molecule has 0 saturated carbocycles. The van der Waals surface area contributed by atoms with Crippen LogP contribution in [0.15, 0.2) is 40.3 Å². The van der Waals surface area contributed by atoms with Gasteiger partial charge in [0.05, 0.1) is 4.90 Å². The summed E-state index contributed by atoms with van der Waals surface area (Å²) in [4.78, 5) is 13.0. The van der Waals surface area contributed by atoms with Crippen molar-refractivity contribution in [2.45, 2.75) is 55.9 Å². The lowest BCUT2D eigenvalue weighted by atomic mass is 9.98. The van der Waals surface area contributed by atoms with Gasteiger partial charge in [0.25, 0.3) is 11.6 Å². The van der Waals surface area contributed by atoms with Crippen LogP contribution in [0, 0.1) is 5.92 Å². The number of hydrogen-bond donors (Lipinski definition) is 1. The highest BCUT2D eigenvalue weighted by molar-refractivity contribution is 7.89. The number of carbonyl (C=O) groups is 1. The highest BCUT2D eigenvalue weighted by Gasteiger charge is 2.64. The molecule has 2 heterocycles. The Kier molecular flexibility index (Phi) is 5.52. The predicted molar refractivity (Wildman–Crippen MR) is 98.1 cm³/mol. The lowest BCUT2D eigenvalue weighted by molar-refractivity contribution is -0.302. The summed E-state index contributed by atoms with van der Waals surface area (Å²) in [5.74, 6) is -1.60. The van der Waals surface area contributed by atoms with Crippen LogP contribution in [0.1, 0.15) is 33.1 Å². The van der Waals surface area contributed by atoms with Crippen molar-refractivity contribution in [3.63, 3.8) is 0 Å². The van der Waals surface area contributed by atoms with Crippen LogP contribution in [0.3, 0.4) is 0 Å². The Morgan fingerprint density at radius 2 is 1.90 bits per heavy atom. The molecular weight excluding hydrogens is 411 g/mol. The van der Waals surface area contributed by atoms with Gasteiger partial charge in [-0.05, 0) is 30.9 Å². The number of amides is 1.